The van der Waals surface area contributed by atoms with E-state index in [0.29, 0.717) is 21.9 Å². The molecular weight excluding hydrogens is 388 g/mol. The molecule has 0 saturated carbocycles. The van der Waals surface area contributed by atoms with Crippen molar-refractivity contribution in [2.75, 3.05) is 17.2 Å². The number of nitrogens with zero attached hydrogens (tertiary/aromatic N) is 2. The number of nitrogens with one attached hydrogen (secondary N) is 2. The Morgan fingerprint density at radius 3 is 2.56 bits per heavy atom. The van der Waals surface area contributed by atoms with Gasteiger partial charge in [0.15, 0.2) is 10.3 Å². The topological polar surface area (TPSA) is 110 Å². The summed E-state index contributed by atoms with van der Waals surface area (Å²) in [5, 5.41) is 8.04. The molecule has 2 rings (SSSR count). The number of ether oxygens (including phenoxy) is 1. The molecule has 0 atom stereocenters. The number of aromatic nitrogens is 2. The van der Waals surface area contributed by atoms with Crippen LogP contribution in [0.15, 0.2) is 11.6 Å². The Labute approximate surface area is 165 Å². The zero-order chi connectivity index (χ0) is 19.8. The molecule has 2 N–H and O–H groups in total. The highest BCUT2D eigenvalue weighted by Crippen LogP contribution is 2.25. The third-order valence-electron chi connectivity index (χ3n) is 3.34. The fraction of sp³-hybridized carbons (Fsp3) is 0.471. The molecule has 2 aromatic rings. The van der Waals surface area contributed by atoms with Crippen LogP contribution in [0.4, 0.5) is 10.3 Å². The highest BCUT2D eigenvalue weighted by molar-refractivity contribution is 7.15. The quantitative estimate of drug-likeness (QED) is 0.614. The number of carbonyl (C=O) groups is 3. The number of hydrogen-bond acceptors (Lipinski definition) is 8. The largest absolute Gasteiger partial charge is 0.466 e. The Hall–Kier alpha value is -2.33. The Morgan fingerprint density at radius 1 is 1.15 bits per heavy atom. The van der Waals surface area contributed by atoms with E-state index in [-0.39, 0.29) is 37.7 Å². The molecule has 8 nitrogen and oxygen atoms in total. The lowest BCUT2D eigenvalue weighted by Gasteiger charge is -2.02. The maximum Gasteiger partial charge on any atom is 0.306 e. The predicted octanol–water partition coefficient (Wildman–Crippen LogP) is 3.19. The van der Waals surface area contributed by atoms with Gasteiger partial charge in [-0.25, -0.2) is 9.97 Å². The van der Waals surface area contributed by atoms with Crippen LogP contribution in [0.25, 0.3) is 0 Å². The van der Waals surface area contributed by atoms with Gasteiger partial charge >= 0.3 is 5.97 Å². The van der Waals surface area contributed by atoms with E-state index >= 15 is 0 Å². The number of hydrogen-bond donors (Lipinski definition) is 2. The summed E-state index contributed by atoms with van der Waals surface area (Å²) in [6.45, 7) is 6.13. The molecule has 0 aliphatic rings. The lowest BCUT2D eigenvalue weighted by Crippen LogP contribution is -2.15. The maximum absolute atomic E-state index is 12.1. The van der Waals surface area contributed by atoms with Gasteiger partial charge in [0.05, 0.1) is 25.1 Å². The minimum Gasteiger partial charge on any atom is -0.466 e. The molecule has 27 heavy (non-hydrogen) atoms. The third kappa shape index (κ3) is 7.06. The summed E-state index contributed by atoms with van der Waals surface area (Å²) in [6.07, 6.45) is 1.90. The van der Waals surface area contributed by atoms with Crippen LogP contribution < -0.4 is 10.6 Å². The van der Waals surface area contributed by atoms with E-state index in [0.717, 1.165) is 4.88 Å². The zero-order valence-electron chi connectivity index (χ0n) is 15.4. The summed E-state index contributed by atoms with van der Waals surface area (Å²) < 4.78 is 4.77. The summed E-state index contributed by atoms with van der Waals surface area (Å²) in [4.78, 5) is 44.7. The van der Waals surface area contributed by atoms with Gasteiger partial charge in [-0.1, -0.05) is 13.8 Å². The molecule has 2 amide bonds. The third-order valence-corrected chi connectivity index (χ3v) is 5.36. The summed E-state index contributed by atoms with van der Waals surface area (Å²) in [7, 11) is 0. The second-order valence-corrected chi connectivity index (χ2v) is 7.86. The van der Waals surface area contributed by atoms with Gasteiger partial charge in [-0.3, -0.25) is 14.4 Å². The van der Waals surface area contributed by atoms with Crippen LogP contribution in [0, 0.1) is 0 Å². The fourth-order valence-electron chi connectivity index (χ4n) is 2.02. The molecule has 0 unspecified atom stereocenters. The monoisotopic (exact) mass is 410 g/mol. The molecule has 0 spiro atoms. The van der Waals surface area contributed by atoms with Gasteiger partial charge in [0.2, 0.25) is 11.8 Å². The molecule has 2 heterocycles. The van der Waals surface area contributed by atoms with Gasteiger partial charge in [-0.2, -0.15) is 0 Å². The van der Waals surface area contributed by atoms with Crippen molar-refractivity contribution in [2.45, 2.75) is 46.0 Å². The minimum absolute atomic E-state index is 0.0203. The standard InChI is InChI=1S/C17H22N4O4S2/c1-4-25-15(24)6-5-13(22)20-17-19-11(9-26-17)7-14(23)21-16-18-8-12(27-16)10(2)3/h8-10H,4-7H2,1-3H3,(H,18,21,23)(H,19,20,22). The minimum atomic E-state index is -0.410. The molecule has 2 aromatic heterocycles. The second-order valence-electron chi connectivity index (χ2n) is 5.94. The number of anilines is 2. The Kier molecular flexibility index (Phi) is 7.86. The number of rotatable bonds is 9. The van der Waals surface area contributed by atoms with Crippen molar-refractivity contribution < 1.29 is 19.1 Å². The van der Waals surface area contributed by atoms with Gasteiger partial charge in [0.1, 0.15) is 0 Å². The highest BCUT2D eigenvalue weighted by Gasteiger charge is 2.13. The van der Waals surface area contributed by atoms with Crippen molar-refractivity contribution in [2.24, 2.45) is 0 Å². The SMILES string of the molecule is CCOC(=O)CCC(=O)Nc1nc(CC(=O)Nc2ncc(C(C)C)s2)cs1. The van der Waals surface area contributed by atoms with Crippen molar-refractivity contribution in [3.8, 4) is 0 Å². The first kappa shape index (κ1) is 21.0. The predicted molar refractivity (Wildman–Crippen MR) is 105 cm³/mol. The van der Waals surface area contributed by atoms with Crippen LogP contribution in [0.3, 0.4) is 0 Å². The van der Waals surface area contributed by atoms with Gasteiger partial charge < -0.3 is 15.4 Å². The van der Waals surface area contributed by atoms with E-state index in [9.17, 15) is 14.4 Å². The molecule has 0 aromatic carbocycles. The van der Waals surface area contributed by atoms with E-state index < -0.39 is 5.97 Å². The summed E-state index contributed by atoms with van der Waals surface area (Å²) in [5.41, 5.74) is 0.554. The first-order chi connectivity index (χ1) is 12.9. The normalized spacial score (nSPS) is 10.7. The van der Waals surface area contributed by atoms with Crippen molar-refractivity contribution in [1.29, 1.82) is 0 Å². The highest BCUT2D eigenvalue weighted by atomic mass is 32.1. The first-order valence-corrected chi connectivity index (χ1v) is 10.2. The van der Waals surface area contributed by atoms with Gasteiger partial charge in [-0.05, 0) is 12.8 Å². The molecule has 0 aliphatic heterocycles. The van der Waals surface area contributed by atoms with E-state index in [2.05, 4.69) is 34.4 Å². The lowest BCUT2D eigenvalue weighted by atomic mass is 10.2. The zero-order valence-corrected chi connectivity index (χ0v) is 17.0. The van der Waals surface area contributed by atoms with Crippen LogP contribution in [0.5, 0.6) is 0 Å². The van der Waals surface area contributed by atoms with Crippen LogP contribution in [0.2, 0.25) is 0 Å². The van der Waals surface area contributed by atoms with E-state index in [1.165, 1.54) is 22.7 Å². The first-order valence-electron chi connectivity index (χ1n) is 8.52. The number of esters is 1. The van der Waals surface area contributed by atoms with Crippen molar-refractivity contribution in [1.82, 2.24) is 9.97 Å². The average molecular weight is 411 g/mol. The Morgan fingerprint density at radius 2 is 1.89 bits per heavy atom. The van der Waals surface area contributed by atoms with Crippen LogP contribution in [-0.4, -0.2) is 34.4 Å². The molecule has 0 fully saturated rings. The summed E-state index contributed by atoms with van der Waals surface area (Å²) >= 11 is 2.68. The molecular formula is C17H22N4O4S2. The smallest absolute Gasteiger partial charge is 0.306 e. The Bertz CT molecular complexity index is 800. The van der Waals surface area contributed by atoms with Gasteiger partial charge in [0, 0.05) is 22.9 Å². The average Bonchev–Trinajstić information content (AvgIpc) is 3.23. The lowest BCUT2D eigenvalue weighted by molar-refractivity contribution is -0.144. The molecule has 0 bridgehead atoms. The summed E-state index contributed by atoms with van der Waals surface area (Å²) in [5.74, 6) is -0.587. The van der Waals surface area contributed by atoms with Gasteiger partial charge in [0.25, 0.3) is 0 Å². The molecule has 0 saturated heterocycles. The number of amides is 2. The van der Waals surface area contributed by atoms with E-state index in [1.807, 2.05) is 0 Å². The number of carbonyl (C=O) groups excluding carboxylic acids is 3. The van der Waals surface area contributed by atoms with Crippen molar-refractivity contribution in [3.05, 3.63) is 22.1 Å². The number of thiazole rings is 2. The van der Waals surface area contributed by atoms with Crippen LogP contribution >= 0.6 is 22.7 Å². The summed E-state index contributed by atoms with van der Waals surface area (Å²) in [6, 6.07) is 0. The molecule has 0 radical (unpaired) electrons. The van der Waals surface area contributed by atoms with E-state index in [4.69, 9.17) is 4.74 Å². The molecule has 10 heteroatoms. The molecule has 146 valence electrons. The van der Waals surface area contributed by atoms with Crippen molar-refractivity contribution in [3.63, 3.8) is 0 Å². The Balaban J connectivity index is 1.79. The molecule has 0 aliphatic carbocycles. The maximum atomic E-state index is 12.1. The van der Waals surface area contributed by atoms with E-state index in [1.54, 1.807) is 18.5 Å². The second kappa shape index (κ2) is 10.1. The van der Waals surface area contributed by atoms with Gasteiger partial charge in [-0.15, -0.1) is 22.7 Å². The van der Waals surface area contributed by atoms with Crippen LogP contribution in [0.1, 0.15) is 50.1 Å². The fourth-order valence-corrected chi connectivity index (χ4v) is 3.58. The van der Waals surface area contributed by atoms with Crippen LogP contribution in [-0.2, 0) is 25.5 Å². The van der Waals surface area contributed by atoms with Crippen molar-refractivity contribution >= 4 is 50.7 Å².